The number of amides is 1. The van der Waals surface area contributed by atoms with E-state index in [1.165, 1.54) is 0 Å². The van der Waals surface area contributed by atoms with Crippen LogP contribution in [0.3, 0.4) is 0 Å². The number of carbonyl (C=O) groups excluding carboxylic acids is 1. The van der Waals surface area contributed by atoms with Crippen LogP contribution in [0.5, 0.6) is 0 Å². The summed E-state index contributed by atoms with van der Waals surface area (Å²) in [6, 6.07) is 10.1. The summed E-state index contributed by atoms with van der Waals surface area (Å²) < 4.78 is 5.82. The van der Waals surface area contributed by atoms with Gasteiger partial charge in [-0.1, -0.05) is 12.1 Å². The lowest BCUT2D eigenvalue weighted by molar-refractivity contribution is -0.123. The quantitative estimate of drug-likeness (QED) is 0.772. The Balaban J connectivity index is 1.19. The maximum atomic E-state index is 12.6. The Bertz CT molecular complexity index is 966. The van der Waals surface area contributed by atoms with E-state index in [-0.39, 0.29) is 23.8 Å². The molecule has 3 aromatic rings. The molecule has 0 unspecified atom stereocenters. The minimum Gasteiger partial charge on any atom is -0.440 e. The van der Waals surface area contributed by atoms with Gasteiger partial charge in [-0.15, -0.1) is 0 Å². The molecule has 0 spiro atoms. The van der Waals surface area contributed by atoms with Crippen LogP contribution >= 0.6 is 0 Å². The molecule has 1 saturated carbocycles. The molecule has 1 N–H and O–H groups in total. The molecule has 6 nitrogen and oxygen atoms in total. The monoisotopic (exact) mass is 362 g/mol. The highest BCUT2D eigenvalue weighted by molar-refractivity contribution is 5.83. The Hall–Kier alpha value is -2.89. The lowest BCUT2D eigenvalue weighted by Crippen LogP contribution is -2.38. The molecule has 2 fully saturated rings. The van der Waals surface area contributed by atoms with Crippen molar-refractivity contribution in [3.63, 3.8) is 0 Å². The minimum atomic E-state index is -0.0206. The highest BCUT2D eigenvalue weighted by Gasteiger charge is 2.48. The molecule has 2 aromatic heterocycles. The molecule has 1 aromatic carbocycles. The van der Waals surface area contributed by atoms with E-state index in [2.05, 4.69) is 26.3 Å². The zero-order chi connectivity index (χ0) is 18.4. The summed E-state index contributed by atoms with van der Waals surface area (Å²) in [5, 5.41) is 3.22. The van der Waals surface area contributed by atoms with E-state index in [9.17, 15) is 4.79 Å². The lowest BCUT2D eigenvalue weighted by Gasteiger charge is -2.19. The fraction of sp³-hybridized carbons (Fsp3) is 0.381. The molecule has 138 valence electrons. The summed E-state index contributed by atoms with van der Waals surface area (Å²) in [5.41, 5.74) is 3.93. The number of oxazole rings is 1. The second-order valence-electron chi connectivity index (χ2n) is 7.63. The number of aryl methyl sites for hydroxylation is 1. The average molecular weight is 362 g/mol. The number of anilines is 1. The van der Waals surface area contributed by atoms with E-state index in [1.807, 2.05) is 43.6 Å². The normalized spacial score (nSPS) is 24.3. The van der Waals surface area contributed by atoms with Crippen molar-refractivity contribution >= 4 is 22.7 Å². The van der Waals surface area contributed by atoms with Crippen LogP contribution in [-0.2, 0) is 4.79 Å². The maximum absolute atomic E-state index is 12.6. The van der Waals surface area contributed by atoms with Gasteiger partial charge in [-0.25, -0.2) is 4.98 Å². The Kier molecular flexibility index (Phi) is 3.85. The molecule has 1 aliphatic carbocycles. The van der Waals surface area contributed by atoms with Crippen LogP contribution in [0.2, 0.25) is 0 Å². The standard InChI is InChI=1S/C21H22N4O2/c1-13-8-15(11-22-10-13)25-7-6-14(12-25)23-20(26)16-9-17(16)21-24-18-4-2-3-5-19(18)27-21/h2-5,8,10-11,14,16-17H,6-7,9,12H2,1H3,(H,23,26)/t14-,16+,17+/m1/s1. The largest absolute Gasteiger partial charge is 0.440 e. The Morgan fingerprint density at radius 2 is 2.19 bits per heavy atom. The molecule has 3 atom stereocenters. The fourth-order valence-corrected chi connectivity index (χ4v) is 3.94. The third-order valence-electron chi connectivity index (χ3n) is 5.52. The number of hydrogen-bond acceptors (Lipinski definition) is 5. The number of nitrogens with one attached hydrogen (secondary N) is 1. The number of benzene rings is 1. The van der Waals surface area contributed by atoms with Crippen molar-refractivity contribution in [1.82, 2.24) is 15.3 Å². The molecule has 1 saturated heterocycles. The predicted molar refractivity (Wildman–Crippen MR) is 103 cm³/mol. The Morgan fingerprint density at radius 3 is 3.04 bits per heavy atom. The van der Waals surface area contributed by atoms with Gasteiger partial charge in [0.25, 0.3) is 0 Å². The van der Waals surface area contributed by atoms with Gasteiger partial charge in [0.05, 0.1) is 17.8 Å². The van der Waals surface area contributed by atoms with Crippen molar-refractivity contribution in [3.8, 4) is 0 Å². The number of hydrogen-bond donors (Lipinski definition) is 1. The van der Waals surface area contributed by atoms with Crippen LogP contribution in [0.1, 0.15) is 30.2 Å². The van der Waals surface area contributed by atoms with Gasteiger partial charge in [0.15, 0.2) is 11.5 Å². The Morgan fingerprint density at radius 1 is 1.30 bits per heavy atom. The van der Waals surface area contributed by atoms with Crippen LogP contribution in [0, 0.1) is 12.8 Å². The van der Waals surface area contributed by atoms with Crippen molar-refractivity contribution in [3.05, 3.63) is 54.2 Å². The molecular formula is C21H22N4O2. The van der Waals surface area contributed by atoms with Gasteiger partial charge >= 0.3 is 0 Å². The SMILES string of the molecule is Cc1cncc(N2CC[C@@H](NC(=O)[C@H]3C[C@@H]3c3nc4ccccc4o3)C2)c1. The zero-order valence-electron chi connectivity index (χ0n) is 15.3. The average Bonchev–Trinajstić information content (AvgIpc) is 3.14. The van der Waals surface area contributed by atoms with Crippen LogP contribution in [0.25, 0.3) is 11.1 Å². The van der Waals surface area contributed by atoms with Crippen LogP contribution in [0.15, 0.2) is 47.1 Å². The maximum Gasteiger partial charge on any atom is 0.224 e. The number of para-hydroxylation sites is 2. The number of rotatable bonds is 4. The number of aromatic nitrogens is 2. The Labute approximate surface area is 157 Å². The molecule has 2 aliphatic rings. The van der Waals surface area contributed by atoms with Crippen molar-refractivity contribution in [2.75, 3.05) is 18.0 Å². The summed E-state index contributed by atoms with van der Waals surface area (Å²) in [6.07, 6.45) is 5.52. The van der Waals surface area contributed by atoms with Crippen LogP contribution in [0.4, 0.5) is 5.69 Å². The first kappa shape index (κ1) is 16.3. The van der Waals surface area contributed by atoms with Gasteiger partial charge in [0, 0.05) is 31.2 Å². The third-order valence-corrected chi connectivity index (χ3v) is 5.52. The molecular weight excluding hydrogens is 340 g/mol. The van der Waals surface area contributed by atoms with Gasteiger partial charge in [-0.2, -0.15) is 0 Å². The molecule has 5 rings (SSSR count). The summed E-state index contributed by atoms with van der Waals surface area (Å²) in [6.45, 7) is 3.82. The van der Waals surface area contributed by atoms with E-state index in [0.717, 1.165) is 48.3 Å². The summed E-state index contributed by atoms with van der Waals surface area (Å²) in [5.74, 6) is 0.898. The van der Waals surface area contributed by atoms with Gasteiger partial charge < -0.3 is 14.6 Å². The molecule has 1 amide bonds. The molecule has 0 radical (unpaired) electrons. The van der Waals surface area contributed by atoms with Gasteiger partial charge in [0.2, 0.25) is 5.91 Å². The smallest absolute Gasteiger partial charge is 0.224 e. The highest BCUT2D eigenvalue weighted by Crippen LogP contribution is 2.47. The van der Waals surface area contributed by atoms with E-state index in [1.54, 1.807) is 0 Å². The predicted octanol–water partition coefficient (Wildman–Crippen LogP) is 3.03. The lowest BCUT2D eigenvalue weighted by atomic mass is 10.2. The fourth-order valence-electron chi connectivity index (χ4n) is 3.94. The van der Waals surface area contributed by atoms with Crippen molar-refractivity contribution in [2.45, 2.75) is 31.7 Å². The van der Waals surface area contributed by atoms with Crippen molar-refractivity contribution < 1.29 is 9.21 Å². The van der Waals surface area contributed by atoms with E-state index in [0.29, 0.717) is 5.89 Å². The second kappa shape index (κ2) is 6.37. The number of fused-ring (bicyclic) bond motifs is 1. The van der Waals surface area contributed by atoms with Crippen LogP contribution in [-0.4, -0.2) is 35.0 Å². The molecule has 6 heteroatoms. The molecule has 27 heavy (non-hydrogen) atoms. The minimum absolute atomic E-state index is 0.0206. The van der Waals surface area contributed by atoms with E-state index >= 15 is 0 Å². The zero-order valence-corrected chi connectivity index (χ0v) is 15.3. The topological polar surface area (TPSA) is 71.3 Å². The van der Waals surface area contributed by atoms with Crippen molar-refractivity contribution in [1.29, 1.82) is 0 Å². The first-order valence-corrected chi connectivity index (χ1v) is 9.50. The highest BCUT2D eigenvalue weighted by atomic mass is 16.3. The van der Waals surface area contributed by atoms with Crippen molar-refractivity contribution in [2.24, 2.45) is 5.92 Å². The second-order valence-corrected chi connectivity index (χ2v) is 7.63. The van der Waals surface area contributed by atoms with Gasteiger partial charge in [0.1, 0.15) is 5.52 Å². The summed E-state index contributed by atoms with van der Waals surface area (Å²) in [4.78, 5) is 23.7. The number of carbonyl (C=O) groups is 1. The van der Waals surface area contributed by atoms with Crippen LogP contribution < -0.4 is 10.2 Å². The molecule has 3 heterocycles. The van der Waals surface area contributed by atoms with E-state index < -0.39 is 0 Å². The first-order chi connectivity index (χ1) is 13.2. The van der Waals surface area contributed by atoms with Gasteiger partial charge in [-0.3, -0.25) is 9.78 Å². The first-order valence-electron chi connectivity index (χ1n) is 9.50. The summed E-state index contributed by atoms with van der Waals surface area (Å²) >= 11 is 0. The summed E-state index contributed by atoms with van der Waals surface area (Å²) in [7, 11) is 0. The number of nitrogens with zero attached hydrogens (tertiary/aromatic N) is 3. The molecule has 1 aliphatic heterocycles. The molecule has 0 bridgehead atoms. The third kappa shape index (κ3) is 3.16. The van der Waals surface area contributed by atoms with E-state index in [4.69, 9.17) is 4.42 Å². The number of pyridine rings is 1. The van der Waals surface area contributed by atoms with Gasteiger partial charge in [-0.05, 0) is 43.5 Å².